The topological polar surface area (TPSA) is 59.4 Å². The molecule has 0 saturated heterocycles. The number of nitrogens with one attached hydrogen (secondary N) is 1. The number of anilines is 1. The lowest BCUT2D eigenvalue weighted by molar-refractivity contribution is -0.137. The smallest absolute Gasteiger partial charge is 0.416 e. The van der Waals surface area contributed by atoms with Crippen LogP contribution >= 0.6 is 11.8 Å². The lowest BCUT2D eigenvalue weighted by Gasteiger charge is -2.09. The molecule has 5 nitrogen and oxygen atoms in total. The number of nitrogens with zero attached hydrogens (tertiary/aromatic N) is 3. The molecule has 0 saturated carbocycles. The van der Waals surface area contributed by atoms with Gasteiger partial charge in [-0.15, -0.1) is 0 Å². The third-order valence-electron chi connectivity index (χ3n) is 3.10. The van der Waals surface area contributed by atoms with Crippen LogP contribution in [-0.4, -0.2) is 28.5 Å². The van der Waals surface area contributed by atoms with Crippen LogP contribution in [0.2, 0.25) is 0 Å². The molecule has 2 aromatic rings. The van der Waals surface area contributed by atoms with Crippen LogP contribution in [-0.2, 0) is 6.18 Å². The fourth-order valence-corrected chi connectivity index (χ4v) is 2.27. The molecule has 0 fully saturated rings. The minimum absolute atomic E-state index is 0.367. The molecule has 0 aliphatic rings. The second kappa shape index (κ2) is 8.19. The standard InChI is InChI=1S/C16H17F3N4OS/c1-4-24-14-9-13(20-15(21-14)25-3)23-22-10(2)11-6-5-7-12(8-11)16(17,18)19/h5-9H,4H2,1-3H3,(H,20,21,23)/b22-10-. The number of hydrazone groups is 1. The van der Waals surface area contributed by atoms with Crippen molar-refractivity contribution in [3.8, 4) is 5.88 Å². The van der Waals surface area contributed by atoms with Crippen LogP contribution in [0.4, 0.5) is 19.0 Å². The van der Waals surface area contributed by atoms with Gasteiger partial charge in [0, 0.05) is 6.07 Å². The third kappa shape index (κ3) is 5.35. The monoisotopic (exact) mass is 370 g/mol. The number of hydrogen-bond acceptors (Lipinski definition) is 6. The van der Waals surface area contributed by atoms with E-state index in [1.807, 2.05) is 13.2 Å². The highest BCUT2D eigenvalue weighted by atomic mass is 32.2. The van der Waals surface area contributed by atoms with Crippen molar-refractivity contribution in [1.82, 2.24) is 9.97 Å². The zero-order valence-electron chi connectivity index (χ0n) is 13.9. The Balaban J connectivity index is 2.22. The minimum atomic E-state index is -4.39. The Hall–Kier alpha value is -2.29. The number of halogens is 3. The maximum absolute atomic E-state index is 12.8. The third-order valence-corrected chi connectivity index (χ3v) is 3.65. The van der Waals surface area contributed by atoms with Crippen molar-refractivity contribution in [2.24, 2.45) is 5.10 Å². The SMILES string of the molecule is CCOc1cc(N/N=C(/C)c2cccc(C(F)(F)F)c2)nc(SC)n1. The van der Waals surface area contributed by atoms with Gasteiger partial charge in [0.15, 0.2) is 11.0 Å². The van der Waals surface area contributed by atoms with Crippen molar-refractivity contribution in [1.29, 1.82) is 0 Å². The molecule has 0 radical (unpaired) electrons. The Kier molecular flexibility index (Phi) is 6.24. The molecule has 25 heavy (non-hydrogen) atoms. The molecular weight excluding hydrogens is 353 g/mol. The summed E-state index contributed by atoms with van der Waals surface area (Å²) in [6, 6.07) is 6.56. The average Bonchev–Trinajstić information content (AvgIpc) is 2.59. The van der Waals surface area contributed by atoms with Crippen LogP contribution < -0.4 is 10.2 Å². The van der Waals surface area contributed by atoms with Crippen LogP contribution in [0.5, 0.6) is 5.88 Å². The zero-order valence-corrected chi connectivity index (χ0v) is 14.7. The second-order valence-electron chi connectivity index (χ2n) is 4.90. The van der Waals surface area contributed by atoms with Gasteiger partial charge < -0.3 is 4.74 Å². The van der Waals surface area contributed by atoms with Gasteiger partial charge >= 0.3 is 6.18 Å². The second-order valence-corrected chi connectivity index (χ2v) is 5.67. The predicted octanol–water partition coefficient (Wildman–Crippen LogP) is 4.45. The summed E-state index contributed by atoms with van der Waals surface area (Å²) in [5.41, 5.74) is 2.78. The van der Waals surface area contributed by atoms with E-state index >= 15 is 0 Å². The van der Waals surface area contributed by atoms with E-state index in [0.29, 0.717) is 34.7 Å². The molecular formula is C16H17F3N4OS. The van der Waals surface area contributed by atoms with E-state index in [4.69, 9.17) is 4.74 Å². The minimum Gasteiger partial charge on any atom is -0.478 e. The van der Waals surface area contributed by atoms with Crippen molar-refractivity contribution in [2.45, 2.75) is 25.2 Å². The van der Waals surface area contributed by atoms with Gasteiger partial charge in [-0.1, -0.05) is 23.9 Å². The molecule has 0 aliphatic heterocycles. The normalized spacial score (nSPS) is 12.2. The van der Waals surface area contributed by atoms with Gasteiger partial charge in [0.05, 0.1) is 17.9 Å². The Morgan fingerprint density at radius 3 is 2.68 bits per heavy atom. The first-order valence-electron chi connectivity index (χ1n) is 7.37. The highest BCUT2D eigenvalue weighted by molar-refractivity contribution is 7.98. The summed E-state index contributed by atoms with van der Waals surface area (Å²) in [5.74, 6) is 0.797. The van der Waals surface area contributed by atoms with Gasteiger partial charge in [-0.2, -0.15) is 23.3 Å². The average molecular weight is 370 g/mol. The molecule has 0 amide bonds. The molecule has 0 atom stereocenters. The van der Waals surface area contributed by atoms with E-state index in [1.54, 1.807) is 19.1 Å². The Morgan fingerprint density at radius 2 is 2.04 bits per heavy atom. The lowest BCUT2D eigenvalue weighted by atomic mass is 10.1. The fraction of sp³-hybridized carbons (Fsp3) is 0.312. The van der Waals surface area contributed by atoms with Crippen LogP contribution in [0.3, 0.4) is 0 Å². The molecule has 9 heteroatoms. The lowest BCUT2D eigenvalue weighted by Crippen LogP contribution is -2.08. The van der Waals surface area contributed by atoms with Crippen molar-refractivity contribution < 1.29 is 17.9 Å². The molecule has 134 valence electrons. The van der Waals surface area contributed by atoms with E-state index in [9.17, 15) is 13.2 Å². The van der Waals surface area contributed by atoms with Crippen molar-refractivity contribution in [2.75, 3.05) is 18.3 Å². The van der Waals surface area contributed by atoms with Crippen LogP contribution in [0.25, 0.3) is 0 Å². The van der Waals surface area contributed by atoms with Crippen LogP contribution in [0.1, 0.15) is 25.0 Å². The van der Waals surface area contributed by atoms with E-state index in [0.717, 1.165) is 12.1 Å². The summed E-state index contributed by atoms with van der Waals surface area (Å²) >= 11 is 1.34. The number of ether oxygens (including phenoxy) is 1. The predicted molar refractivity (Wildman–Crippen MR) is 92.3 cm³/mol. The Morgan fingerprint density at radius 1 is 1.28 bits per heavy atom. The van der Waals surface area contributed by atoms with Gasteiger partial charge in [-0.3, -0.25) is 5.43 Å². The fourth-order valence-electron chi connectivity index (χ4n) is 1.90. The highest BCUT2D eigenvalue weighted by Gasteiger charge is 2.30. The maximum atomic E-state index is 12.8. The number of aromatic nitrogens is 2. The summed E-state index contributed by atoms with van der Waals surface area (Å²) in [7, 11) is 0. The number of thioether (sulfide) groups is 1. The summed E-state index contributed by atoms with van der Waals surface area (Å²) in [4.78, 5) is 8.41. The largest absolute Gasteiger partial charge is 0.478 e. The van der Waals surface area contributed by atoms with Gasteiger partial charge in [0.25, 0.3) is 0 Å². The van der Waals surface area contributed by atoms with Gasteiger partial charge in [-0.25, -0.2) is 4.98 Å². The highest BCUT2D eigenvalue weighted by Crippen LogP contribution is 2.29. The van der Waals surface area contributed by atoms with Crippen LogP contribution in [0.15, 0.2) is 40.6 Å². The molecule has 1 aromatic heterocycles. The van der Waals surface area contributed by atoms with E-state index < -0.39 is 11.7 Å². The molecule has 1 N–H and O–H groups in total. The summed E-state index contributed by atoms with van der Waals surface area (Å²) < 4.78 is 43.7. The molecule has 0 unspecified atom stereocenters. The van der Waals surface area contributed by atoms with Crippen LogP contribution in [0, 0.1) is 0 Å². The van der Waals surface area contributed by atoms with Crippen molar-refractivity contribution in [3.63, 3.8) is 0 Å². The molecule has 0 bridgehead atoms. The number of alkyl halides is 3. The summed E-state index contributed by atoms with van der Waals surface area (Å²) in [6.07, 6.45) is -2.57. The van der Waals surface area contributed by atoms with E-state index in [1.165, 1.54) is 17.8 Å². The molecule has 1 heterocycles. The first-order valence-corrected chi connectivity index (χ1v) is 8.59. The van der Waals surface area contributed by atoms with Crippen molar-refractivity contribution >= 4 is 23.3 Å². The first-order chi connectivity index (χ1) is 11.8. The number of rotatable bonds is 6. The molecule has 0 aliphatic carbocycles. The Bertz CT molecular complexity index is 765. The first kappa shape index (κ1) is 19.0. The molecule has 0 spiro atoms. The summed E-state index contributed by atoms with van der Waals surface area (Å²) in [5, 5.41) is 4.61. The molecule has 1 aromatic carbocycles. The van der Waals surface area contributed by atoms with Gasteiger partial charge in [0.2, 0.25) is 5.88 Å². The Labute approximate surface area is 147 Å². The summed E-state index contributed by atoms with van der Waals surface area (Å²) in [6.45, 7) is 3.91. The maximum Gasteiger partial charge on any atom is 0.416 e. The van der Waals surface area contributed by atoms with Crippen molar-refractivity contribution in [3.05, 3.63) is 41.5 Å². The molecule has 2 rings (SSSR count). The van der Waals surface area contributed by atoms with E-state index in [-0.39, 0.29) is 0 Å². The number of benzene rings is 1. The van der Waals surface area contributed by atoms with Gasteiger partial charge in [-0.05, 0) is 37.8 Å². The number of hydrogen-bond donors (Lipinski definition) is 1. The van der Waals surface area contributed by atoms with E-state index in [2.05, 4.69) is 20.5 Å². The zero-order chi connectivity index (χ0) is 18.4. The quantitative estimate of drug-likeness (QED) is 0.352. The van der Waals surface area contributed by atoms with Gasteiger partial charge in [0.1, 0.15) is 0 Å².